The van der Waals surface area contributed by atoms with Crippen molar-refractivity contribution < 1.29 is 8.42 Å². The van der Waals surface area contributed by atoms with Gasteiger partial charge < -0.3 is 0 Å². The van der Waals surface area contributed by atoms with Crippen molar-refractivity contribution in [3.63, 3.8) is 0 Å². The molecule has 0 spiro atoms. The Morgan fingerprint density at radius 2 is 1.70 bits per heavy atom. The van der Waals surface area contributed by atoms with Gasteiger partial charge in [-0.2, -0.15) is 5.10 Å². The van der Waals surface area contributed by atoms with Gasteiger partial charge in [0, 0.05) is 0 Å². The van der Waals surface area contributed by atoms with Crippen molar-refractivity contribution in [3.05, 3.63) is 81.1 Å². The van der Waals surface area contributed by atoms with Crippen molar-refractivity contribution in [2.75, 3.05) is 4.72 Å². The monoisotopic (exact) mass is 423 g/mol. The number of nitrogens with zero attached hydrogens (tertiary/aromatic N) is 2. The first-order valence-corrected chi connectivity index (χ1v) is 10.7. The first-order chi connectivity index (χ1) is 12.7. The first kappa shape index (κ1) is 19.7. The molecule has 0 unspecified atom stereocenters. The zero-order valence-electron chi connectivity index (χ0n) is 14.9. The summed E-state index contributed by atoms with van der Waals surface area (Å²) >= 11 is 12.0. The minimum atomic E-state index is -3.55. The van der Waals surface area contributed by atoms with E-state index in [-0.39, 0.29) is 5.75 Å². The van der Waals surface area contributed by atoms with E-state index in [9.17, 15) is 8.42 Å². The summed E-state index contributed by atoms with van der Waals surface area (Å²) < 4.78 is 29.5. The lowest BCUT2D eigenvalue weighted by Crippen LogP contribution is -2.16. The number of aryl methyl sites for hydroxylation is 1. The van der Waals surface area contributed by atoms with Gasteiger partial charge in [-0.25, -0.2) is 8.42 Å². The molecule has 0 saturated carbocycles. The van der Waals surface area contributed by atoms with Crippen molar-refractivity contribution in [1.82, 2.24) is 9.78 Å². The van der Waals surface area contributed by atoms with E-state index in [4.69, 9.17) is 23.2 Å². The molecule has 3 aromatic rings. The van der Waals surface area contributed by atoms with Crippen molar-refractivity contribution in [3.8, 4) is 0 Å². The van der Waals surface area contributed by atoms with Gasteiger partial charge in [0.15, 0.2) is 0 Å². The molecule has 0 atom stereocenters. The predicted octanol–water partition coefficient (Wildman–Crippen LogP) is 4.80. The quantitative estimate of drug-likeness (QED) is 0.619. The van der Waals surface area contributed by atoms with Gasteiger partial charge in [-0.3, -0.25) is 9.40 Å². The van der Waals surface area contributed by atoms with Crippen LogP contribution in [0.15, 0.2) is 48.5 Å². The van der Waals surface area contributed by atoms with Crippen LogP contribution in [0.1, 0.15) is 22.5 Å². The Kier molecular flexibility index (Phi) is 5.79. The molecule has 0 aliphatic rings. The number of halogens is 2. The molecule has 0 bridgehead atoms. The number of benzene rings is 2. The van der Waals surface area contributed by atoms with Crippen LogP contribution in [0.2, 0.25) is 10.0 Å². The second-order valence-electron chi connectivity index (χ2n) is 6.30. The lowest BCUT2D eigenvalue weighted by Gasteiger charge is -2.10. The van der Waals surface area contributed by atoms with Gasteiger partial charge in [-0.15, -0.1) is 0 Å². The molecule has 142 valence electrons. The maximum atomic E-state index is 12.5. The normalized spacial score (nSPS) is 11.6. The van der Waals surface area contributed by atoms with Gasteiger partial charge in [-0.1, -0.05) is 59.6 Å². The predicted molar refractivity (Wildman–Crippen MR) is 110 cm³/mol. The fourth-order valence-electron chi connectivity index (χ4n) is 2.79. The summed E-state index contributed by atoms with van der Waals surface area (Å²) in [6, 6.07) is 14.4. The molecule has 3 rings (SSSR count). The number of anilines is 1. The zero-order chi connectivity index (χ0) is 19.6. The topological polar surface area (TPSA) is 64.0 Å². The second-order valence-corrected chi connectivity index (χ2v) is 8.84. The molecule has 0 aliphatic carbocycles. The van der Waals surface area contributed by atoms with Crippen molar-refractivity contribution in [2.24, 2.45) is 0 Å². The smallest absolute Gasteiger partial charge is 0.237 e. The molecule has 2 aromatic carbocycles. The fourth-order valence-corrected chi connectivity index (χ4v) is 4.43. The van der Waals surface area contributed by atoms with E-state index < -0.39 is 10.0 Å². The highest BCUT2D eigenvalue weighted by Gasteiger charge is 2.19. The summed E-state index contributed by atoms with van der Waals surface area (Å²) in [5, 5.41) is 5.42. The summed E-state index contributed by atoms with van der Waals surface area (Å²) in [7, 11) is -3.55. The SMILES string of the molecule is Cc1nn(Cc2ccc(Cl)c(Cl)c2)c(C)c1NS(=O)(=O)Cc1ccccc1. The Morgan fingerprint density at radius 1 is 1.00 bits per heavy atom. The van der Waals surface area contributed by atoms with E-state index in [1.807, 2.05) is 31.2 Å². The number of rotatable bonds is 6. The lowest BCUT2D eigenvalue weighted by atomic mass is 10.2. The summed E-state index contributed by atoms with van der Waals surface area (Å²) in [4.78, 5) is 0. The number of sulfonamides is 1. The average molecular weight is 424 g/mol. The zero-order valence-corrected chi connectivity index (χ0v) is 17.2. The third-order valence-corrected chi connectivity index (χ3v) is 6.12. The molecule has 8 heteroatoms. The van der Waals surface area contributed by atoms with E-state index in [0.29, 0.717) is 28.0 Å². The molecule has 0 saturated heterocycles. The Labute approximate surface area is 169 Å². The van der Waals surface area contributed by atoms with Gasteiger partial charge in [-0.05, 0) is 37.1 Å². The van der Waals surface area contributed by atoms with Crippen molar-refractivity contribution in [1.29, 1.82) is 0 Å². The van der Waals surface area contributed by atoms with Crippen LogP contribution in [0.25, 0.3) is 0 Å². The minimum Gasteiger partial charge on any atom is -0.280 e. The number of nitrogens with one attached hydrogen (secondary N) is 1. The van der Waals surface area contributed by atoms with E-state index in [1.54, 1.807) is 35.9 Å². The van der Waals surface area contributed by atoms with E-state index in [2.05, 4.69) is 9.82 Å². The van der Waals surface area contributed by atoms with Crippen LogP contribution in [0, 0.1) is 13.8 Å². The molecular weight excluding hydrogens is 405 g/mol. The van der Waals surface area contributed by atoms with Crippen LogP contribution in [0.4, 0.5) is 5.69 Å². The van der Waals surface area contributed by atoms with Crippen LogP contribution in [-0.4, -0.2) is 18.2 Å². The minimum absolute atomic E-state index is 0.0926. The highest BCUT2D eigenvalue weighted by atomic mass is 35.5. The maximum Gasteiger partial charge on any atom is 0.237 e. The third kappa shape index (κ3) is 4.83. The fraction of sp³-hybridized carbons (Fsp3) is 0.211. The number of hydrogen-bond acceptors (Lipinski definition) is 3. The largest absolute Gasteiger partial charge is 0.280 e. The molecule has 27 heavy (non-hydrogen) atoms. The van der Waals surface area contributed by atoms with Gasteiger partial charge in [0.1, 0.15) is 0 Å². The molecule has 1 N–H and O–H groups in total. The van der Waals surface area contributed by atoms with Gasteiger partial charge in [0.2, 0.25) is 10.0 Å². The summed E-state index contributed by atoms with van der Waals surface area (Å²) in [5.74, 6) is -0.0926. The number of aromatic nitrogens is 2. The molecule has 5 nitrogen and oxygen atoms in total. The third-order valence-electron chi connectivity index (χ3n) is 4.15. The van der Waals surface area contributed by atoms with Crippen molar-refractivity contribution >= 4 is 38.9 Å². The molecule has 1 aromatic heterocycles. The van der Waals surface area contributed by atoms with E-state index >= 15 is 0 Å². The van der Waals surface area contributed by atoms with Crippen LogP contribution >= 0.6 is 23.2 Å². The number of hydrogen-bond donors (Lipinski definition) is 1. The summed E-state index contributed by atoms with van der Waals surface area (Å²) in [6.07, 6.45) is 0. The highest BCUT2D eigenvalue weighted by Crippen LogP contribution is 2.25. The van der Waals surface area contributed by atoms with Crippen LogP contribution in [-0.2, 0) is 22.3 Å². The van der Waals surface area contributed by atoms with Gasteiger partial charge in [0.25, 0.3) is 0 Å². The van der Waals surface area contributed by atoms with E-state index in [0.717, 1.165) is 16.8 Å². The molecule has 0 aliphatic heterocycles. The Morgan fingerprint density at radius 3 is 2.37 bits per heavy atom. The lowest BCUT2D eigenvalue weighted by molar-refractivity contribution is 0.600. The standard InChI is InChI=1S/C19H19Cl2N3O2S/c1-13-19(23-27(25,26)12-15-6-4-3-5-7-15)14(2)24(22-13)11-16-8-9-17(20)18(21)10-16/h3-10,23H,11-12H2,1-2H3. The average Bonchev–Trinajstić information content (AvgIpc) is 2.86. The van der Waals surface area contributed by atoms with Gasteiger partial charge in [0.05, 0.1) is 39.4 Å². The first-order valence-electron chi connectivity index (χ1n) is 8.27. The maximum absolute atomic E-state index is 12.5. The molecule has 0 fully saturated rings. The molecule has 1 heterocycles. The molecule has 0 amide bonds. The molecule has 0 radical (unpaired) electrons. The Balaban J connectivity index is 1.82. The van der Waals surface area contributed by atoms with Crippen molar-refractivity contribution in [2.45, 2.75) is 26.1 Å². The van der Waals surface area contributed by atoms with Crippen LogP contribution in [0.3, 0.4) is 0 Å². The Hall–Kier alpha value is -2.02. The summed E-state index contributed by atoms with van der Waals surface area (Å²) in [6.45, 7) is 4.07. The van der Waals surface area contributed by atoms with Gasteiger partial charge >= 0.3 is 0 Å². The van der Waals surface area contributed by atoms with Crippen LogP contribution < -0.4 is 4.72 Å². The van der Waals surface area contributed by atoms with E-state index in [1.165, 1.54) is 0 Å². The molecular formula is C19H19Cl2N3O2S. The highest BCUT2D eigenvalue weighted by molar-refractivity contribution is 7.91. The second kappa shape index (κ2) is 7.92. The summed E-state index contributed by atoms with van der Waals surface area (Å²) in [5.41, 5.74) is 3.50. The Bertz CT molecular complexity index is 1060. The van der Waals surface area contributed by atoms with Crippen LogP contribution in [0.5, 0.6) is 0 Å².